The van der Waals surface area contributed by atoms with Gasteiger partial charge in [0.15, 0.2) is 0 Å². The monoisotopic (exact) mass is 254 g/mol. The average molecular weight is 254 g/mol. The van der Waals surface area contributed by atoms with Crippen molar-refractivity contribution in [1.29, 1.82) is 0 Å². The molecule has 0 saturated carbocycles. The van der Waals surface area contributed by atoms with E-state index in [4.69, 9.17) is 9.84 Å². The van der Waals surface area contributed by atoms with Crippen LogP contribution >= 0.6 is 11.8 Å². The molecule has 0 fully saturated rings. The van der Waals surface area contributed by atoms with E-state index >= 15 is 0 Å². The largest absolute Gasteiger partial charge is 0.492 e. The van der Waals surface area contributed by atoms with E-state index in [-0.39, 0.29) is 5.56 Å². The van der Waals surface area contributed by atoms with Gasteiger partial charge in [0.2, 0.25) is 0 Å². The molecule has 0 aliphatic heterocycles. The van der Waals surface area contributed by atoms with Gasteiger partial charge >= 0.3 is 5.97 Å². The maximum Gasteiger partial charge on any atom is 0.335 e. The summed E-state index contributed by atoms with van der Waals surface area (Å²) in [6.07, 6.45) is 5.23. The van der Waals surface area contributed by atoms with Gasteiger partial charge in [-0.05, 0) is 30.9 Å². The van der Waals surface area contributed by atoms with Crippen molar-refractivity contribution in [1.82, 2.24) is 0 Å². The molecule has 0 spiro atoms. The molecule has 17 heavy (non-hydrogen) atoms. The van der Waals surface area contributed by atoms with E-state index in [0.29, 0.717) is 12.4 Å². The second kappa shape index (κ2) is 7.22. The summed E-state index contributed by atoms with van der Waals surface area (Å²) in [6, 6.07) is 5.00. The number of rotatable bonds is 7. The highest BCUT2D eigenvalue weighted by molar-refractivity contribution is 7.98. The predicted octanol–water partition coefficient (Wildman–Crippen LogP) is 3.68. The van der Waals surface area contributed by atoms with E-state index in [1.165, 1.54) is 0 Å². The smallest absolute Gasteiger partial charge is 0.335 e. The highest BCUT2D eigenvalue weighted by atomic mass is 32.2. The third-order valence-electron chi connectivity index (χ3n) is 2.42. The Morgan fingerprint density at radius 2 is 2.18 bits per heavy atom. The Bertz CT molecular complexity index is 377. The van der Waals surface area contributed by atoms with Crippen LogP contribution < -0.4 is 4.74 Å². The highest BCUT2D eigenvalue weighted by Gasteiger charge is 2.08. The summed E-state index contributed by atoms with van der Waals surface area (Å²) in [7, 11) is 0. The molecule has 3 nitrogen and oxygen atoms in total. The first-order valence-corrected chi connectivity index (χ1v) is 6.95. The van der Waals surface area contributed by atoms with Gasteiger partial charge in [-0.15, -0.1) is 11.8 Å². The summed E-state index contributed by atoms with van der Waals surface area (Å²) in [5, 5.41) is 8.92. The van der Waals surface area contributed by atoms with E-state index in [1.807, 2.05) is 6.26 Å². The van der Waals surface area contributed by atoms with Crippen molar-refractivity contribution in [3.63, 3.8) is 0 Å². The summed E-state index contributed by atoms with van der Waals surface area (Å²) >= 11 is 1.56. The van der Waals surface area contributed by atoms with Crippen LogP contribution in [0.5, 0.6) is 5.75 Å². The number of unbranched alkanes of at least 4 members (excludes halogenated alkanes) is 2. The molecule has 1 rings (SSSR count). The maximum absolute atomic E-state index is 10.9. The number of hydrogen-bond acceptors (Lipinski definition) is 3. The third-order valence-corrected chi connectivity index (χ3v) is 3.19. The molecule has 0 aromatic heterocycles. The normalized spacial score (nSPS) is 10.2. The second-order valence-electron chi connectivity index (χ2n) is 3.73. The zero-order chi connectivity index (χ0) is 12.7. The van der Waals surface area contributed by atoms with Gasteiger partial charge in [-0.1, -0.05) is 19.8 Å². The molecule has 0 saturated heterocycles. The third kappa shape index (κ3) is 4.30. The van der Waals surface area contributed by atoms with E-state index in [1.54, 1.807) is 30.0 Å². The molecule has 0 bridgehead atoms. The number of carbonyl (C=O) groups is 1. The Morgan fingerprint density at radius 3 is 2.76 bits per heavy atom. The number of thioether (sulfide) groups is 1. The van der Waals surface area contributed by atoms with Gasteiger partial charge in [0.25, 0.3) is 0 Å². The van der Waals surface area contributed by atoms with Crippen molar-refractivity contribution < 1.29 is 14.6 Å². The molecule has 4 heteroatoms. The number of carboxylic acids is 1. The van der Waals surface area contributed by atoms with Gasteiger partial charge < -0.3 is 9.84 Å². The van der Waals surface area contributed by atoms with Crippen molar-refractivity contribution in [2.45, 2.75) is 31.1 Å². The van der Waals surface area contributed by atoms with Crippen LogP contribution in [0.4, 0.5) is 0 Å². The van der Waals surface area contributed by atoms with Gasteiger partial charge in [-0.25, -0.2) is 4.79 Å². The summed E-state index contributed by atoms with van der Waals surface area (Å²) in [6.45, 7) is 2.78. The van der Waals surface area contributed by atoms with Gasteiger partial charge in [-0.2, -0.15) is 0 Å². The Morgan fingerprint density at radius 1 is 1.41 bits per heavy atom. The van der Waals surface area contributed by atoms with Gasteiger partial charge in [-0.3, -0.25) is 0 Å². The lowest BCUT2D eigenvalue weighted by Gasteiger charge is -2.10. The Balaban J connectivity index is 2.72. The SMILES string of the molecule is CCCCCOc1cc(C(=O)O)ccc1SC. The fourth-order valence-electron chi connectivity index (χ4n) is 1.46. The van der Waals surface area contributed by atoms with Crippen LogP contribution in [-0.4, -0.2) is 23.9 Å². The molecule has 0 aliphatic carbocycles. The number of ether oxygens (including phenoxy) is 1. The Hall–Kier alpha value is -1.16. The van der Waals surface area contributed by atoms with E-state index in [2.05, 4.69) is 6.92 Å². The zero-order valence-corrected chi connectivity index (χ0v) is 11.0. The van der Waals surface area contributed by atoms with Crippen LogP contribution in [0.15, 0.2) is 23.1 Å². The summed E-state index contributed by atoms with van der Waals surface area (Å²) in [5.41, 5.74) is 0.272. The molecule has 0 amide bonds. The zero-order valence-electron chi connectivity index (χ0n) is 10.2. The van der Waals surface area contributed by atoms with Crippen LogP contribution in [0.1, 0.15) is 36.5 Å². The lowest BCUT2D eigenvalue weighted by atomic mass is 10.2. The first kappa shape index (κ1) is 13.9. The second-order valence-corrected chi connectivity index (χ2v) is 4.57. The van der Waals surface area contributed by atoms with E-state index < -0.39 is 5.97 Å². The molecule has 1 aromatic rings. The molecule has 1 N–H and O–H groups in total. The summed E-state index contributed by atoms with van der Waals surface area (Å²) in [5.74, 6) is -0.246. The molecule has 0 heterocycles. The molecule has 0 radical (unpaired) electrons. The van der Waals surface area contributed by atoms with E-state index in [0.717, 1.165) is 24.2 Å². The van der Waals surface area contributed by atoms with Crippen LogP contribution in [0.3, 0.4) is 0 Å². The molecule has 0 aliphatic rings. The summed E-state index contributed by atoms with van der Waals surface area (Å²) in [4.78, 5) is 11.8. The minimum Gasteiger partial charge on any atom is -0.492 e. The van der Waals surface area contributed by atoms with Crippen molar-refractivity contribution in [3.05, 3.63) is 23.8 Å². The molecular formula is C13H18O3S. The quantitative estimate of drug-likeness (QED) is 0.595. The standard InChI is InChI=1S/C13H18O3S/c1-3-4-5-8-16-11-9-10(13(14)15)6-7-12(11)17-2/h6-7,9H,3-5,8H2,1-2H3,(H,14,15). The van der Waals surface area contributed by atoms with Crippen molar-refractivity contribution in [3.8, 4) is 5.75 Å². The molecule has 1 aromatic carbocycles. The minimum atomic E-state index is -0.920. The first-order chi connectivity index (χ1) is 8.19. The number of benzene rings is 1. The minimum absolute atomic E-state index is 0.272. The van der Waals surface area contributed by atoms with Crippen LogP contribution in [0.2, 0.25) is 0 Å². The highest BCUT2D eigenvalue weighted by Crippen LogP contribution is 2.28. The van der Waals surface area contributed by atoms with Crippen LogP contribution in [0.25, 0.3) is 0 Å². The van der Waals surface area contributed by atoms with Crippen molar-refractivity contribution in [2.24, 2.45) is 0 Å². The Kier molecular flexibility index (Phi) is 5.91. The topological polar surface area (TPSA) is 46.5 Å². The van der Waals surface area contributed by atoms with Gasteiger partial charge in [0, 0.05) is 4.90 Å². The molecule has 0 unspecified atom stereocenters. The number of carboxylic acid groups (broad SMARTS) is 1. The predicted molar refractivity (Wildman–Crippen MR) is 70.2 cm³/mol. The van der Waals surface area contributed by atoms with E-state index in [9.17, 15) is 4.79 Å². The summed E-state index contributed by atoms with van der Waals surface area (Å²) < 4.78 is 5.64. The first-order valence-electron chi connectivity index (χ1n) is 5.73. The fourth-order valence-corrected chi connectivity index (χ4v) is 1.98. The van der Waals surface area contributed by atoms with Gasteiger partial charge in [0.05, 0.1) is 12.2 Å². The lowest BCUT2D eigenvalue weighted by Crippen LogP contribution is -2.01. The molecular weight excluding hydrogens is 236 g/mol. The van der Waals surface area contributed by atoms with Crippen molar-refractivity contribution >= 4 is 17.7 Å². The van der Waals surface area contributed by atoms with Crippen LogP contribution in [0, 0.1) is 0 Å². The molecule has 94 valence electrons. The van der Waals surface area contributed by atoms with Crippen LogP contribution in [-0.2, 0) is 0 Å². The Labute approximate surface area is 106 Å². The maximum atomic E-state index is 10.9. The number of aromatic carboxylic acids is 1. The fraction of sp³-hybridized carbons (Fsp3) is 0.462. The average Bonchev–Trinajstić information content (AvgIpc) is 2.34. The van der Waals surface area contributed by atoms with Crippen molar-refractivity contribution in [2.75, 3.05) is 12.9 Å². The number of hydrogen-bond donors (Lipinski definition) is 1. The molecule has 0 atom stereocenters. The van der Waals surface area contributed by atoms with Gasteiger partial charge in [0.1, 0.15) is 5.75 Å². The lowest BCUT2D eigenvalue weighted by molar-refractivity contribution is 0.0696.